The van der Waals surface area contributed by atoms with Gasteiger partial charge >= 0.3 is 5.69 Å². The lowest BCUT2D eigenvalue weighted by Crippen LogP contribution is -2.32. The Bertz CT molecular complexity index is 1110. The third kappa shape index (κ3) is 3.75. The van der Waals surface area contributed by atoms with Crippen molar-refractivity contribution in [3.63, 3.8) is 0 Å². The summed E-state index contributed by atoms with van der Waals surface area (Å²) in [6.07, 6.45) is 1.93. The quantitative estimate of drug-likeness (QED) is 0.602. The van der Waals surface area contributed by atoms with Gasteiger partial charge in [0.2, 0.25) is 10.0 Å². The van der Waals surface area contributed by atoms with Gasteiger partial charge in [-0.15, -0.1) is 16.4 Å². The third-order valence-electron chi connectivity index (χ3n) is 4.51. The molecule has 10 heteroatoms. The van der Waals surface area contributed by atoms with Crippen molar-refractivity contribution in [2.45, 2.75) is 30.3 Å². The summed E-state index contributed by atoms with van der Waals surface area (Å²) in [5.74, 6) is 1.23. The number of nitrogens with one attached hydrogen (secondary N) is 1. The van der Waals surface area contributed by atoms with Crippen LogP contribution in [-0.2, 0) is 16.6 Å². The lowest BCUT2D eigenvalue weighted by Gasteiger charge is -2.07. The van der Waals surface area contributed by atoms with Crippen LogP contribution in [0.4, 0.5) is 0 Å². The van der Waals surface area contributed by atoms with Gasteiger partial charge in [0.25, 0.3) is 0 Å². The predicted octanol–water partition coefficient (Wildman–Crippen LogP) is 2.10. The average molecular weight is 421 g/mol. The van der Waals surface area contributed by atoms with E-state index in [1.165, 1.54) is 35.3 Å². The Morgan fingerprint density at radius 2 is 2.00 bits per heavy atom. The predicted molar refractivity (Wildman–Crippen MR) is 106 cm³/mol. The molecule has 0 bridgehead atoms. The highest BCUT2D eigenvalue weighted by atomic mass is 32.2. The number of hydrogen-bond donors (Lipinski definition) is 1. The molecule has 0 radical (unpaired) electrons. The Kier molecular flexibility index (Phi) is 5.09. The van der Waals surface area contributed by atoms with Gasteiger partial charge in [0, 0.05) is 12.6 Å². The number of rotatable bonds is 8. The van der Waals surface area contributed by atoms with E-state index in [-0.39, 0.29) is 29.7 Å². The number of nitrogens with zero attached hydrogens (tertiary/aromatic N) is 3. The first-order chi connectivity index (χ1) is 13.5. The molecule has 1 saturated carbocycles. The minimum absolute atomic E-state index is 0.0693. The average Bonchev–Trinajstić information content (AvgIpc) is 3.27. The maximum absolute atomic E-state index is 12.7. The molecule has 0 saturated heterocycles. The van der Waals surface area contributed by atoms with Gasteiger partial charge in [-0.2, -0.15) is 0 Å². The van der Waals surface area contributed by atoms with Gasteiger partial charge in [0.15, 0.2) is 5.82 Å². The van der Waals surface area contributed by atoms with Crippen molar-refractivity contribution in [3.8, 4) is 16.5 Å². The molecule has 2 aromatic heterocycles. The minimum Gasteiger partial charge on any atom is -0.497 e. The van der Waals surface area contributed by atoms with E-state index in [2.05, 4.69) is 9.82 Å². The molecule has 0 atom stereocenters. The zero-order chi connectivity index (χ0) is 19.7. The lowest BCUT2D eigenvalue weighted by molar-refractivity contribution is 0.414. The molecule has 3 aromatic rings. The van der Waals surface area contributed by atoms with Crippen molar-refractivity contribution in [2.24, 2.45) is 0 Å². The number of methoxy groups -OCH3 is 1. The Balaban J connectivity index is 1.49. The molecular weight excluding hydrogens is 400 g/mol. The first-order valence-corrected chi connectivity index (χ1v) is 11.2. The summed E-state index contributed by atoms with van der Waals surface area (Å²) in [5, 5.41) is 6.40. The lowest BCUT2D eigenvalue weighted by atomic mass is 10.3. The number of aromatic nitrogens is 3. The summed E-state index contributed by atoms with van der Waals surface area (Å²) < 4.78 is 35.5. The second-order valence-corrected chi connectivity index (χ2v) is 9.20. The Labute approximate surface area is 166 Å². The van der Waals surface area contributed by atoms with E-state index < -0.39 is 10.0 Å². The van der Waals surface area contributed by atoms with Crippen LogP contribution >= 0.6 is 11.3 Å². The van der Waals surface area contributed by atoms with Crippen molar-refractivity contribution in [1.82, 2.24) is 19.1 Å². The maximum atomic E-state index is 12.7. The number of ether oxygens (including phenoxy) is 1. The standard InChI is InChI=1S/C18H20N4O4S2/c1-26-14-6-8-15(9-7-14)28(24,25)19-10-11-21-18(23)22(13-4-5-13)17(20-21)16-3-2-12-27-16/h2-3,6-9,12-13,19H,4-5,10-11H2,1H3. The summed E-state index contributed by atoms with van der Waals surface area (Å²) in [6, 6.07) is 10.2. The van der Waals surface area contributed by atoms with Crippen LogP contribution in [0.5, 0.6) is 5.75 Å². The topological polar surface area (TPSA) is 95.2 Å². The molecule has 0 spiro atoms. The number of sulfonamides is 1. The summed E-state index contributed by atoms with van der Waals surface area (Å²) in [6.45, 7) is 0.228. The summed E-state index contributed by atoms with van der Waals surface area (Å²) >= 11 is 1.53. The van der Waals surface area contributed by atoms with Crippen molar-refractivity contribution >= 4 is 21.4 Å². The SMILES string of the molecule is COc1ccc(S(=O)(=O)NCCn2nc(-c3cccs3)n(C3CC3)c2=O)cc1. The van der Waals surface area contributed by atoms with Gasteiger partial charge in [-0.1, -0.05) is 6.07 Å². The molecule has 28 heavy (non-hydrogen) atoms. The first kappa shape index (κ1) is 18.9. The number of hydrogen-bond acceptors (Lipinski definition) is 6. The molecule has 1 fully saturated rings. The van der Waals surface area contributed by atoms with E-state index in [4.69, 9.17) is 4.74 Å². The molecule has 1 aliphatic carbocycles. The zero-order valence-electron chi connectivity index (χ0n) is 15.2. The monoisotopic (exact) mass is 420 g/mol. The van der Waals surface area contributed by atoms with Crippen LogP contribution in [0.15, 0.2) is 51.5 Å². The molecular formula is C18H20N4O4S2. The molecule has 1 N–H and O–H groups in total. The van der Waals surface area contributed by atoms with Crippen LogP contribution in [-0.4, -0.2) is 36.4 Å². The molecule has 0 unspecified atom stereocenters. The molecule has 0 amide bonds. The van der Waals surface area contributed by atoms with Gasteiger partial charge < -0.3 is 4.74 Å². The van der Waals surface area contributed by atoms with E-state index in [1.807, 2.05) is 17.5 Å². The molecule has 8 nitrogen and oxygen atoms in total. The molecule has 0 aliphatic heterocycles. The van der Waals surface area contributed by atoms with E-state index in [9.17, 15) is 13.2 Å². The van der Waals surface area contributed by atoms with Crippen molar-refractivity contribution in [3.05, 3.63) is 52.3 Å². The fourth-order valence-corrected chi connectivity index (χ4v) is 4.65. The molecule has 1 aliphatic rings. The highest BCUT2D eigenvalue weighted by Gasteiger charge is 2.30. The van der Waals surface area contributed by atoms with Crippen LogP contribution in [0.3, 0.4) is 0 Å². The summed E-state index contributed by atoms with van der Waals surface area (Å²) in [7, 11) is -2.15. The van der Waals surface area contributed by atoms with Crippen LogP contribution in [0.2, 0.25) is 0 Å². The van der Waals surface area contributed by atoms with Crippen LogP contribution in [0.1, 0.15) is 18.9 Å². The van der Waals surface area contributed by atoms with Gasteiger partial charge in [-0.25, -0.2) is 22.6 Å². The summed E-state index contributed by atoms with van der Waals surface area (Å²) in [4.78, 5) is 13.8. The first-order valence-electron chi connectivity index (χ1n) is 8.86. The Morgan fingerprint density at radius 1 is 1.25 bits per heavy atom. The normalized spacial score (nSPS) is 14.3. The van der Waals surface area contributed by atoms with Crippen molar-refractivity contribution in [2.75, 3.05) is 13.7 Å². The largest absolute Gasteiger partial charge is 0.497 e. The van der Waals surface area contributed by atoms with Crippen molar-refractivity contribution in [1.29, 1.82) is 0 Å². The van der Waals surface area contributed by atoms with Gasteiger partial charge in [0.1, 0.15) is 5.75 Å². The molecule has 1 aromatic carbocycles. The second kappa shape index (κ2) is 7.53. The van der Waals surface area contributed by atoms with Crippen molar-refractivity contribution < 1.29 is 13.2 Å². The third-order valence-corrected chi connectivity index (χ3v) is 6.85. The molecule has 4 rings (SSSR count). The van der Waals surface area contributed by atoms with E-state index >= 15 is 0 Å². The van der Waals surface area contributed by atoms with E-state index in [0.29, 0.717) is 11.6 Å². The minimum atomic E-state index is -3.67. The van der Waals surface area contributed by atoms with Gasteiger partial charge in [0.05, 0.1) is 23.4 Å². The Morgan fingerprint density at radius 3 is 2.61 bits per heavy atom. The zero-order valence-corrected chi connectivity index (χ0v) is 16.9. The van der Waals surface area contributed by atoms with Crippen LogP contribution in [0, 0.1) is 0 Å². The molecule has 148 valence electrons. The molecule has 2 heterocycles. The maximum Gasteiger partial charge on any atom is 0.346 e. The van der Waals surface area contributed by atoms with Crippen LogP contribution in [0.25, 0.3) is 10.7 Å². The van der Waals surface area contributed by atoms with E-state index in [0.717, 1.165) is 17.7 Å². The second-order valence-electron chi connectivity index (χ2n) is 6.48. The van der Waals surface area contributed by atoms with Gasteiger partial charge in [-0.3, -0.25) is 4.57 Å². The van der Waals surface area contributed by atoms with Crippen LogP contribution < -0.4 is 15.1 Å². The van der Waals surface area contributed by atoms with Gasteiger partial charge in [-0.05, 0) is 48.6 Å². The fourth-order valence-electron chi connectivity index (χ4n) is 2.93. The summed E-state index contributed by atoms with van der Waals surface area (Å²) in [5.41, 5.74) is -0.199. The fraction of sp³-hybridized carbons (Fsp3) is 0.333. The highest BCUT2D eigenvalue weighted by Crippen LogP contribution is 2.37. The number of benzene rings is 1. The number of thiophene rings is 1. The smallest absolute Gasteiger partial charge is 0.346 e. The van der Waals surface area contributed by atoms with E-state index in [1.54, 1.807) is 16.7 Å². The highest BCUT2D eigenvalue weighted by molar-refractivity contribution is 7.89. The Hall–Kier alpha value is -2.43.